The van der Waals surface area contributed by atoms with Gasteiger partial charge in [-0.2, -0.15) is 0 Å². The van der Waals surface area contributed by atoms with Crippen LogP contribution in [-0.2, 0) is 6.16 Å². The Labute approximate surface area is 178 Å². The molecule has 0 aliphatic carbocycles. The lowest BCUT2D eigenvalue weighted by atomic mass is 10.2. The molecule has 0 spiro atoms. The standard InChI is InChI=1S/C26H23ClOP/c1-28-26-19-11-18-25(27)24(26)20-29(21-12-5-2-6-13-21,22-14-7-3-8-15-22)23-16-9-4-10-17-23/h2-19H,20H2,1H3/q+1. The van der Waals surface area contributed by atoms with Gasteiger partial charge in [0.25, 0.3) is 0 Å². The van der Waals surface area contributed by atoms with E-state index in [4.69, 9.17) is 16.3 Å². The molecule has 4 aromatic carbocycles. The minimum Gasteiger partial charge on any atom is -0.496 e. The van der Waals surface area contributed by atoms with E-state index < -0.39 is 7.26 Å². The molecule has 3 heteroatoms. The molecule has 0 radical (unpaired) electrons. The minimum atomic E-state index is -2.01. The van der Waals surface area contributed by atoms with Gasteiger partial charge in [-0.25, -0.2) is 0 Å². The van der Waals surface area contributed by atoms with Crippen molar-refractivity contribution in [3.63, 3.8) is 0 Å². The van der Waals surface area contributed by atoms with Crippen molar-refractivity contribution in [2.24, 2.45) is 0 Å². The van der Waals surface area contributed by atoms with E-state index in [-0.39, 0.29) is 0 Å². The van der Waals surface area contributed by atoms with Gasteiger partial charge in [0.05, 0.1) is 17.7 Å². The second-order valence-corrected chi connectivity index (χ2v) is 10.8. The van der Waals surface area contributed by atoms with Crippen LogP contribution in [0.5, 0.6) is 5.75 Å². The van der Waals surface area contributed by atoms with Gasteiger partial charge in [-0.1, -0.05) is 72.3 Å². The molecule has 4 aromatic rings. The molecule has 1 nitrogen and oxygen atoms in total. The molecule has 0 aromatic heterocycles. The van der Waals surface area contributed by atoms with Gasteiger partial charge in [-0.05, 0) is 48.5 Å². The zero-order valence-electron chi connectivity index (χ0n) is 16.3. The first-order chi connectivity index (χ1) is 14.3. The molecule has 0 bridgehead atoms. The monoisotopic (exact) mass is 417 g/mol. The lowest BCUT2D eigenvalue weighted by Crippen LogP contribution is -2.32. The fourth-order valence-electron chi connectivity index (χ4n) is 3.89. The zero-order chi connectivity index (χ0) is 20.1. The summed E-state index contributed by atoms with van der Waals surface area (Å²) in [5, 5.41) is 4.75. The number of methoxy groups -OCH3 is 1. The van der Waals surface area contributed by atoms with Crippen molar-refractivity contribution >= 4 is 34.8 Å². The minimum absolute atomic E-state index is 0.747. The van der Waals surface area contributed by atoms with Gasteiger partial charge in [-0.3, -0.25) is 0 Å². The average molecular weight is 418 g/mol. The SMILES string of the molecule is COc1cccc(Cl)c1C[P+](c1ccccc1)(c1ccccc1)c1ccccc1. The van der Waals surface area contributed by atoms with Crippen molar-refractivity contribution in [2.75, 3.05) is 7.11 Å². The van der Waals surface area contributed by atoms with E-state index in [1.165, 1.54) is 15.9 Å². The van der Waals surface area contributed by atoms with E-state index in [2.05, 4.69) is 91.0 Å². The molecule has 144 valence electrons. The Balaban J connectivity index is 2.04. The number of halogens is 1. The lowest BCUT2D eigenvalue weighted by Gasteiger charge is -2.28. The summed E-state index contributed by atoms with van der Waals surface area (Å²) in [5.74, 6) is 0.838. The van der Waals surface area contributed by atoms with Crippen LogP contribution in [0.15, 0.2) is 109 Å². The molecule has 0 heterocycles. The summed E-state index contributed by atoms with van der Waals surface area (Å²) in [4.78, 5) is 0. The van der Waals surface area contributed by atoms with Gasteiger partial charge in [0, 0.05) is 0 Å². The van der Waals surface area contributed by atoms with Gasteiger partial charge in [0.15, 0.2) is 0 Å². The van der Waals surface area contributed by atoms with Crippen LogP contribution in [0.25, 0.3) is 0 Å². The van der Waals surface area contributed by atoms with E-state index in [9.17, 15) is 0 Å². The predicted octanol–water partition coefficient (Wildman–Crippen LogP) is 5.84. The molecular weight excluding hydrogens is 395 g/mol. The smallest absolute Gasteiger partial charge is 0.127 e. The van der Waals surface area contributed by atoms with E-state index in [0.29, 0.717) is 0 Å². The summed E-state index contributed by atoms with van der Waals surface area (Å²) in [6, 6.07) is 38.3. The maximum Gasteiger partial charge on any atom is 0.127 e. The predicted molar refractivity (Wildman–Crippen MR) is 127 cm³/mol. The molecular formula is C26H23ClOP+. The van der Waals surface area contributed by atoms with E-state index >= 15 is 0 Å². The van der Waals surface area contributed by atoms with Gasteiger partial charge in [0.1, 0.15) is 35.1 Å². The van der Waals surface area contributed by atoms with Gasteiger partial charge in [-0.15, -0.1) is 0 Å². The number of benzene rings is 4. The summed E-state index contributed by atoms with van der Waals surface area (Å²) < 4.78 is 5.71. The molecule has 0 fully saturated rings. The molecule has 0 saturated carbocycles. The van der Waals surface area contributed by atoms with E-state index in [1.807, 2.05) is 18.2 Å². The van der Waals surface area contributed by atoms with Crippen LogP contribution >= 0.6 is 18.9 Å². The van der Waals surface area contributed by atoms with Crippen molar-refractivity contribution in [1.82, 2.24) is 0 Å². The Morgan fingerprint density at radius 3 is 1.48 bits per heavy atom. The zero-order valence-corrected chi connectivity index (χ0v) is 18.0. The van der Waals surface area contributed by atoms with E-state index in [0.717, 1.165) is 22.5 Å². The highest BCUT2D eigenvalue weighted by molar-refractivity contribution is 7.95. The summed E-state index contributed by atoms with van der Waals surface area (Å²) in [6.07, 6.45) is 0.799. The Morgan fingerprint density at radius 1 is 0.621 bits per heavy atom. The highest BCUT2D eigenvalue weighted by atomic mass is 35.5. The van der Waals surface area contributed by atoms with E-state index in [1.54, 1.807) is 7.11 Å². The van der Waals surface area contributed by atoms with Crippen LogP contribution in [0.2, 0.25) is 5.02 Å². The van der Waals surface area contributed by atoms with Crippen molar-refractivity contribution in [3.8, 4) is 5.75 Å². The molecule has 0 atom stereocenters. The lowest BCUT2D eigenvalue weighted by molar-refractivity contribution is 0.411. The number of ether oxygens (including phenoxy) is 1. The Kier molecular flexibility index (Phi) is 6.00. The Bertz CT molecular complexity index is 969. The maximum atomic E-state index is 6.71. The largest absolute Gasteiger partial charge is 0.496 e. The Hall–Kier alpha value is -2.60. The molecule has 0 N–H and O–H groups in total. The number of hydrogen-bond donors (Lipinski definition) is 0. The van der Waals surface area contributed by atoms with Gasteiger partial charge < -0.3 is 4.74 Å². The van der Waals surface area contributed by atoms with Crippen LogP contribution in [0.4, 0.5) is 0 Å². The molecule has 0 amide bonds. The number of rotatable bonds is 6. The van der Waals surface area contributed by atoms with Crippen LogP contribution in [0.3, 0.4) is 0 Å². The summed E-state index contributed by atoms with van der Waals surface area (Å²) >= 11 is 6.71. The van der Waals surface area contributed by atoms with Crippen LogP contribution in [0.1, 0.15) is 5.56 Å². The highest BCUT2D eigenvalue weighted by Crippen LogP contribution is 2.59. The fraction of sp³-hybridized carbons (Fsp3) is 0.0769. The summed E-state index contributed by atoms with van der Waals surface area (Å²) in [7, 11) is -0.296. The topological polar surface area (TPSA) is 9.23 Å². The first-order valence-electron chi connectivity index (χ1n) is 9.62. The average Bonchev–Trinajstić information content (AvgIpc) is 2.80. The second-order valence-electron chi connectivity index (χ2n) is 6.90. The van der Waals surface area contributed by atoms with Crippen LogP contribution in [-0.4, -0.2) is 7.11 Å². The molecule has 4 rings (SSSR count). The Morgan fingerprint density at radius 2 is 1.07 bits per heavy atom. The molecule has 0 aliphatic rings. The van der Waals surface area contributed by atoms with Crippen molar-refractivity contribution in [3.05, 3.63) is 120 Å². The second kappa shape index (κ2) is 8.82. The molecule has 0 saturated heterocycles. The molecule has 29 heavy (non-hydrogen) atoms. The van der Waals surface area contributed by atoms with Crippen molar-refractivity contribution in [1.29, 1.82) is 0 Å². The highest BCUT2D eigenvalue weighted by Gasteiger charge is 2.46. The number of hydrogen-bond acceptors (Lipinski definition) is 1. The summed E-state index contributed by atoms with van der Waals surface area (Å²) in [6.45, 7) is 0. The van der Waals surface area contributed by atoms with Gasteiger partial charge in [0.2, 0.25) is 0 Å². The van der Waals surface area contributed by atoms with Crippen LogP contribution < -0.4 is 20.7 Å². The summed E-state index contributed by atoms with van der Waals surface area (Å²) in [5.41, 5.74) is 1.06. The third-order valence-corrected chi connectivity index (χ3v) is 9.97. The quantitative estimate of drug-likeness (QED) is 0.358. The third-order valence-electron chi connectivity index (χ3n) is 5.28. The molecule has 0 unspecified atom stereocenters. The first kappa shape index (κ1) is 19.7. The maximum absolute atomic E-state index is 6.71. The van der Waals surface area contributed by atoms with Crippen LogP contribution in [0, 0.1) is 0 Å². The normalized spacial score (nSPS) is 11.2. The fourth-order valence-corrected chi connectivity index (χ4v) is 8.50. The van der Waals surface area contributed by atoms with Crippen molar-refractivity contribution < 1.29 is 4.74 Å². The van der Waals surface area contributed by atoms with Crippen molar-refractivity contribution in [2.45, 2.75) is 6.16 Å². The van der Waals surface area contributed by atoms with Gasteiger partial charge >= 0.3 is 0 Å². The first-order valence-corrected chi connectivity index (χ1v) is 12.0. The molecule has 0 aliphatic heterocycles. The third kappa shape index (κ3) is 3.81.